The molecular formula is C11H13F3N2O3S. The number of aryl methyl sites for hydroxylation is 1. The SMILES string of the molecule is CNS(=O)(=O)c1ccc(C)c(C(=O)NCC(F)(F)F)c1. The Morgan fingerprint density at radius 2 is 1.90 bits per heavy atom. The van der Waals surface area contributed by atoms with Gasteiger partial charge in [0.2, 0.25) is 10.0 Å². The molecule has 20 heavy (non-hydrogen) atoms. The molecule has 9 heteroatoms. The Labute approximate surface area is 114 Å². The van der Waals surface area contributed by atoms with E-state index >= 15 is 0 Å². The highest BCUT2D eigenvalue weighted by molar-refractivity contribution is 7.89. The molecule has 0 aliphatic rings. The lowest BCUT2D eigenvalue weighted by Gasteiger charge is -2.11. The molecule has 0 aromatic heterocycles. The number of carbonyl (C=O) groups is 1. The lowest BCUT2D eigenvalue weighted by molar-refractivity contribution is -0.123. The molecule has 1 amide bonds. The summed E-state index contributed by atoms with van der Waals surface area (Å²) in [5.74, 6) is -0.979. The van der Waals surface area contributed by atoms with Crippen LogP contribution in [0, 0.1) is 6.92 Å². The van der Waals surface area contributed by atoms with Gasteiger partial charge in [-0.25, -0.2) is 13.1 Å². The van der Waals surface area contributed by atoms with E-state index < -0.39 is 28.7 Å². The standard InChI is InChI=1S/C11H13F3N2O3S/c1-7-3-4-8(20(18,19)15-2)5-9(7)10(17)16-6-11(12,13)14/h3-5,15H,6H2,1-2H3,(H,16,17). The van der Waals surface area contributed by atoms with Gasteiger partial charge in [0.15, 0.2) is 0 Å². The van der Waals surface area contributed by atoms with Crippen molar-refractivity contribution in [3.63, 3.8) is 0 Å². The molecule has 112 valence electrons. The van der Waals surface area contributed by atoms with E-state index in [0.717, 1.165) is 6.07 Å². The minimum Gasteiger partial charge on any atom is -0.343 e. The zero-order chi connectivity index (χ0) is 15.6. The van der Waals surface area contributed by atoms with Gasteiger partial charge < -0.3 is 5.32 Å². The monoisotopic (exact) mass is 310 g/mol. The molecule has 1 aromatic rings. The van der Waals surface area contributed by atoms with Gasteiger partial charge >= 0.3 is 6.18 Å². The first-order valence-electron chi connectivity index (χ1n) is 5.46. The summed E-state index contributed by atoms with van der Waals surface area (Å²) in [7, 11) is -2.57. The van der Waals surface area contributed by atoms with Gasteiger partial charge in [0, 0.05) is 5.56 Å². The van der Waals surface area contributed by atoms with Gasteiger partial charge in [-0.15, -0.1) is 0 Å². The number of nitrogens with one attached hydrogen (secondary N) is 2. The first-order chi connectivity index (χ1) is 9.07. The van der Waals surface area contributed by atoms with Crippen LogP contribution in [0.2, 0.25) is 0 Å². The largest absolute Gasteiger partial charge is 0.405 e. The molecule has 0 radical (unpaired) electrons. The van der Waals surface area contributed by atoms with Crippen molar-refractivity contribution in [1.82, 2.24) is 10.0 Å². The number of sulfonamides is 1. The highest BCUT2D eigenvalue weighted by atomic mass is 32.2. The highest BCUT2D eigenvalue weighted by Gasteiger charge is 2.28. The molecule has 1 aromatic carbocycles. The Hall–Kier alpha value is -1.61. The average Bonchev–Trinajstić information content (AvgIpc) is 2.35. The summed E-state index contributed by atoms with van der Waals surface area (Å²) >= 11 is 0. The van der Waals surface area contributed by atoms with Crippen LogP contribution in [-0.4, -0.2) is 34.1 Å². The quantitative estimate of drug-likeness (QED) is 0.877. The van der Waals surface area contributed by atoms with Crippen molar-refractivity contribution < 1.29 is 26.4 Å². The van der Waals surface area contributed by atoms with Gasteiger partial charge in [-0.1, -0.05) is 6.07 Å². The van der Waals surface area contributed by atoms with Crippen LogP contribution in [0.15, 0.2) is 23.1 Å². The number of rotatable bonds is 4. The van der Waals surface area contributed by atoms with Crippen LogP contribution in [0.3, 0.4) is 0 Å². The fraction of sp³-hybridized carbons (Fsp3) is 0.364. The first kappa shape index (κ1) is 16.4. The summed E-state index contributed by atoms with van der Waals surface area (Å²) in [6.45, 7) is 0.0204. The number of carbonyl (C=O) groups excluding carboxylic acids is 1. The fourth-order valence-electron chi connectivity index (χ4n) is 1.41. The van der Waals surface area contributed by atoms with Crippen LogP contribution in [0.25, 0.3) is 0 Å². The lowest BCUT2D eigenvalue weighted by atomic mass is 10.1. The van der Waals surface area contributed by atoms with E-state index in [1.807, 2.05) is 0 Å². The molecule has 0 unspecified atom stereocenters. The highest BCUT2D eigenvalue weighted by Crippen LogP contribution is 2.17. The fourth-order valence-corrected chi connectivity index (χ4v) is 2.16. The van der Waals surface area contributed by atoms with Crippen LogP contribution in [0.1, 0.15) is 15.9 Å². The van der Waals surface area contributed by atoms with Crippen LogP contribution in [0.4, 0.5) is 13.2 Å². The van der Waals surface area contributed by atoms with E-state index in [1.165, 1.54) is 26.1 Å². The smallest absolute Gasteiger partial charge is 0.343 e. The van der Waals surface area contributed by atoms with Gasteiger partial charge in [0.25, 0.3) is 5.91 Å². The lowest BCUT2D eigenvalue weighted by Crippen LogP contribution is -2.34. The van der Waals surface area contributed by atoms with Crippen molar-refractivity contribution in [2.75, 3.05) is 13.6 Å². The van der Waals surface area contributed by atoms with Gasteiger partial charge in [-0.3, -0.25) is 4.79 Å². The maximum absolute atomic E-state index is 12.0. The van der Waals surface area contributed by atoms with Crippen molar-refractivity contribution in [2.45, 2.75) is 18.0 Å². The Morgan fingerprint density at radius 3 is 2.40 bits per heavy atom. The molecule has 5 nitrogen and oxygen atoms in total. The van der Waals surface area contributed by atoms with E-state index in [2.05, 4.69) is 4.72 Å². The van der Waals surface area contributed by atoms with Crippen molar-refractivity contribution in [2.24, 2.45) is 0 Å². The molecule has 0 atom stereocenters. The first-order valence-corrected chi connectivity index (χ1v) is 6.94. The van der Waals surface area contributed by atoms with E-state index in [1.54, 1.807) is 5.32 Å². The van der Waals surface area contributed by atoms with Crippen molar-refractivity contribution in [3.05, 3.63) is 29.3 Å². The third kappa shape index (κ3) is 4.20. The normalized spacial score (nSPS) is 12.2. The van der Waals surface area contributed by atoms with E-state index in [0.29, 0.717) is 5.56 Å². The molecule has 2 N–H and O–H groups in total. The molecular weight excluding hydrogens is 297 g/mol. The van der Waals surface area contributed by atoms with Crippen molar-refractivity contribution >= 4 is 15.9 Å². The predicted molar refractivity (Wildman–Crippen MR) is 65.8 cm³/mol. The predicted octanol–water partition coefficient (Wildman–Crippen LogP) is 1.20. The summed E-state index contributed by atoms with van der Waals surface area (Å²) in [5.41, 5.74) is 0.255. The van der Waals surface area contributed by atoms with Crippen molar-refractivity contribution in [3.8, 4) is 0 Å². The number of amides is 1. The minimum absolute atomic E-state index is 0.120. The molecule has 0 bridgehead atoms. The molecule has 0 heterocycles. The average molecular weight is 310 g/mol. The summed E-state index contributed by atoms with van der Waals surface area (Å²) in [5, 5.41) is 1.70. The summed E-state index contributed by atoms with van der Waals surface area (Å²) in [6, 6.07) is 3.65. The van der Waals surface area contributed by atoms with Crippen molar-refractivity contribution in [1.29, 1.82) is 0 Å². The molecule has 0 spiro atoms. The molecule has 0 aliphatic heterocycles. The second kappa shape index (κ2) is 5.80. The van der Waals surface area contributed by atoms with Crippen LogP contribution < -0.4 is 10.0 Å². The summed E-state index contributed by atoms with van der Waals surface area (Å²) in [4.78, 5) is 11.5. The second-order valence-corrected chi connectivity index (χ2v) is 5.87. The minimum atomic E-state index is -4.53. The zero-order valence-corrected chi connectivity index (χ0v) is 11.5. The molecule has 0 fully saturated rings. The molecule has 0 saturated heterocycles. The number of benzene rings is 1. The maximum Gasteiger partial charge on any atom is 0.405 e. The third-order valence-corrected chi connectivity index (χ3v) is 3.89. The molecule has 1 rings (SSSR count). The second-order valence-electron chi connectivity index (χ2n) is 3.98. The Kier molecular flexibility index (Phi) is 4.77. The van der Waals surface area contributed by atoms with E-state index in [-0.39, 0.29) is 10.5 Å². The number of halogens is 3. The van der Waals surface area contributed by atoms with E-state index in [4.69, 9.17) is 0 Å². The van der Waals surface area contributed by atoms with Crippen LogP contribution in [-0.2, 0) is 10.0 Å². The Morgan fingerprint density at radius 1 is 1.30 bits per heavy atom. The number of hydrogen-bond donors (Lipinski definition) is 2. The third-order valence-electron chi connectivity index (χ3n) is 2.48. The Balaban J connectivity index is 3.06. The zero-order valence-electron chi connectivity index (χ0n) is 10.7. The van der Waals surface area contributed by atoms with Gasteiger partial charge in [-0.2, -0.15) is 13.2 Å². The van der Waals surface area contributed by atoms with Gasteiger partial charge in [0.1, 0.15) is 6.54 Å². The molecule has 0 saturated carbocycles. The number of alkyl halides is 3. The maximum atomic E-state index is 12.0. The summed E-state index contributed by atoms with van der Waals surface area (Å²) in [6.07, 6.45) is -4.53. The molecule has 0 aliphatic carbocycles. The van der Waals surface area contributed by atoms with Gasteiger partial charge in [-0.05, 0) is 31.7 Å². The van der Waals surface area contributed by atoms with E-state index in [9.17, 15) is 26.4 Å². The van der Waals surface area contributed by atoms with Crippen LogP contribution in [0.5, 0.6) is 0 Å². The summed E-state index contributed by atoms with van der Waals surface area (Å²) < 4.78 is 61.3. The topological polar surface area (TPSA) is 75.3 Å². The Bertz CT molecular complexity index is 612. The van der Waals surface area contributed by atoms with Gasteiger partial charge in [0.05, 0.1) is 4.90 Å². The van der Waals surface area contributed by atoms with Crippen LogP contribution >= 0.6 is 0 Å². The number of hydrogen-bond acceptors (Lipinski definition) is 3.